The fourth-order valence-corrected chi connectivity index (χ4v) is 4.21. The van der Waals surface area contributed by atoms with Gasteiger partial charge in [0.1, 0.15) is 0 Å². The summed E-state index contributed by atoms with van der Waals surface area (Å²) in [5.41, 5.74) is 0.782. The Morgan fingerprint density at radius 3 is 2.33 bits per heavy atom. The van der Waals surface area contributed by atoms with Gasteiger partial charge >= 0.3 is 0 Å². The third-order valence-corrected chi connectivity index (χ3v) is 5.86. The number of nitrogens with zero attached hydrogens (tertiary/aromatic N) is 2. The van der Waals surface area contributed by atoms with Gasteiger partial charge in [0, 0.05) is 64.6 Å². The summed E-state index contributed by atoms with van der Waals surface area (Å²) >= 11 is 0. The van der Waals surface area contributed by atoms with Crippen LogP contribution in [-0.4, -0.2) is 30.4 Å². The van der Waals surface area contributed by atoms with Gasteiger partial charge in [-0.15, -0.1) is 12.1 Å². The van der Waals surface area contributed by atoms with E-state index in [-0.39, 0.29) is 43.2 Å². The van der Waals surface area contributed by atoms with Crippen LogP contribution >= 0.6 is 0 Å². The van der Waals surface area contributed by atoms with E-state index in [0.29, 0.717) is 19.6 Å². The Balaban J connectivity index is 0.00000208. The molecule has 24 heavy (non-hydrogen) atoms. The molecule has 0 unspecified atom stereocenters. The Hall–Kier alpha value is -0.946. The van der Waals surface area contributed by atoms with Gasteiger partial charge in [-0.05, 0) is 18.9 Å². The monoisotopic (exact) mass is 420 g/mol. The molecule has 1 aliphatic rings. The van der Waals surface area contributed by atoms with Gasteiger partial charge in [-0.1, -0.05) is 6.07 Å². The largest absolute Gasteiger partial charge is 0.322 e. The maximum Gasteiger partial charge on any atom is 0.249 e. The molecule has 0 spiro atoms. The van der Waals surface area contributed by atoms with Crippen LogP contribution in [0.4, 0.5) is 0 Å². The molecule has 0 N–H and O–H groups in total. The molecule has 5 nitrogen and oxygen atoms in total. The minimum atomic E-state index is -3.50. The number of sulfonamides is 1. The van der Waals surface area contributed by atoms with E-state index in [9.17, 15) is 13.2 Å². The van der Waals surface area contributed by atoms with Crippen molar-refractivity contribution in [2.45, 2.75) is 24.3 Å². The van der Waals surface area contributed by atoms with Gasteiger partial charge in [0.2, 0.25) is 15.6 Å². The van der Waals surface area contributed by atoms with Crippen LogP contribution < -0.4 is 5.56 Å². The summed E-state index contributed by atoms with van der Waals surface area (Å²) < 4.78 is 28.1. The van der Waals surface area contributed by atoms with Gasteiger partial charge in [0.25, 0.3) is 0 Å². The molecule has 7 heteroatoms. The van der Waals surface area contributed by atoms with Crippen molar-refractivity contribution in [3.63, 3.8) is 0 Å². The molecule has 125 valence electrons. The summed E-state index contributed by atoms with van der Waals surface area (Å²) in [6.45, 7) is 1.45. The molecule has 0 atom stereocenters. The van der Waals surface area contributed by atoms with Crippen molar-refractivity contribution < 1.29 is 41.1 Å². The standard InChI is InChI=1S/C17H19N2O3S.Y/c20-17-9-8-16(23(21,22)19-11-4-5-12-19)14-18(17)13-10-15-6-2-1-3-7-15;/h1-3,6-10,14H,4-5,11-13H2;/q-1;. The quantitative estimate of drug-likeness (QED) is 0.695. The van der Waals surface area contributed by atoms with Gasteiger partial charge in [0.05, 0.1) is 4.90 Å². The Morgan fingerprint density at radius 2 is 1.67 bits per heavy atom. The molecule has 3 rings (SSSR count). The smallest absolute Gasteiger partial charge is 0.249 e. The molecule has 0 aliphatic carbocycles. The van der Waals surface area contributed by atoms with Crippen LogP contribution in [0.3, 0.4) is 0 Å². The summed E-state index contributed by atoms with van der Waals surface area (Å²) in [5.74, 6) is 0. The third kappa shape index (κ3) is 4.36. The van der Waals surface area contributed by atoms with Gasteiger partial charge in [-0.25, -0.2) is 8.42 Å². The van der Waals surface area contributed by atoms with Crippen LogP contribution in [0.1, 0.15) is 18.4 Å². The molecule has 2 aromatic rings. The second-order valence-corrected chi connectivity index (χ2v) is 7.52. The minimum absolute atomic E-state index is 0. The number of pyridine rings is 1. The van der Waals surface area contributed by atoms with Crippen molar-refractivity contribution in [2.75, 3.05) is 13.1 Å². The summed E-state index contributed by atoms with van der Waals surface area (Å²) in [6, 6.07) is 12.4. The van der Waals surface area contributed by atoms with Crippen molar-refractivity contribution in [2.24, 2.45) is 0 Å². The molecule has 1 saturated heterocycles. The second kappa shape index (κ2) is 8.43. The number of aromatic nitrogens is 1. The van der Waals surface area contributed by atoms with Gasteiger partial charge in [0.15, 0.2) is 0 Å². The van der Waals surface area contributed by atoms with Crippen LogP contribution in [0.5, 0.6) is 0 Å². The molecule has 0 bridgehead atoms. The van der Waals surface area contributed by atoms with Crippen molar-refractivity contribution >= 4 is 10.0 Å². The first-order valence-electron chi connectivity index (χ1n) is 7.66. The normalized spacial score (nSPS) is 15.0. The molecule has 2 heterocycles. The minimum Gasteiger partial charge on any atom is -0.322 e. The zero-order chi connectivity index (χ0) is 16.3. The molecule has 0 saturated carbocycles. The Bertz CT molecular complexity index is 828. The van der Waals surface area contributed by atoms with Gasteiger partial charge < -0.3 is 4.57 Å². The van der Waals surface area contributed by atoms with E-state index < -0.39 is 10.0 Å². The Labute approximate surface area is 167 Å². The zero-order valence-electron chi connectivity index (χ0n) is 13.3. The molecule has 1 aromatic heterocycles. The topological polar surface area (TPSA) is 59.4 Å². The average Bonchev–Trinajstić information content (AvgIpc) is 3.10. The molecular formula is C17H19N2O3SY-. The van der Waals surface area contributed by atoms with Crippen LogP contribution in [0, 0.1) is 6.42 Å². The fraction of sp³-hybridized carbons (Fsp3) is 0.294. The predicted molar refractivity (Wildman–Crippen MR) is 88.5 cm³/mol. The Morgan fingerprint density at radius 1 is 1.00 bits per heavy atom. The first-order chi connectivity index (χ1) is 11.1. The number of hydrogen-bond donors (Lipinski definition) is 0. The van der Waals surface area contributed by atoms with Crippen molar-refractivity contribution in [1.29, 1.82) is 0 Å². The number of benzene rings is 1. The summed E-state index contributed by atoms with van der Waals surface area (Å²) in [7, 11) is -3.50. The number of hydrogen-bond acceptors (Lipinski definition) is 3. The fourth-order valence-electron chi connectivity index (χ4n) is 2.68. The first-order valence-corrected chi connectivity index (χ1v) is 9.10. The van der Waals surface area contributed by atoms with E-state index in [1.54, 1.807) is 0 Å². The first kappa shape index (κ1) is 19.4. The van der Waals surface area contributed by atoms with E-state index in [1.165, 1.54) is 27.2 Å². The van der Waals surface area contributed by atoms with E-state index >= 15 is 0 Å². The van der Waals surface area contributed by atoms with E-state index in [1.807, 2.05) is 36.8 Å². The maximum atomic E-state index is 12.6. The van der Waals surface area contributed by atoms with Gasteiger partial charge in [-0.3, -0.25) is 4.79 Å². The predicted octanol–water partition coefficient (Wildman–Crippen LogP) is 1.88. The molecular weight excluding hydrogens is 401 g/mol. The molecule has 1 radical (unpaired) electrons. The van der Waals surface area contributed by atoms with Crippen molar-refractivity contribution in [3.05, 3.63) is 71.0 Å². The van der Waals surface area contributed by atoms with Crippen LogP contribution in [0.15, 0.2) is 58.4 Å². The maximum absolute atomic E-state index is 12.6. The number of rotatable bonds is 5. The summed E-state index contributed by atoms with van der Waals surface area (Å²) in [6.07, 6.45) is 5.12. The summed E-state index contributed by atoms with van der Waals surface area (Å²) in [4.78, 5) is 12.2. The third-order valence-electron chi connectivity index (χ3n) is 3.98. The molecule has 0 amide bonds. The van der Waals surface area contributed by atoms with Crippen molar-refractivity contribution in [1.82, 2.24) is 8.87 Å². The van der Waals surface area contributed by atoms with E-state index in [4.69, 9.17) is 0 Å². The van der Waals surface area contributed by atoms with Crippen LogP contribution in [0.2, 0.25) is 0 Å². The van der Waals surface area contributed by atoms with Gasteiger partial charge in [-0.2, -0.15) is 28.4 Å². The van der Waals surface area contributed by atoms with Crippen LogP contribution in [0.25, 0.3) is 0 Å². The molecule has 1 aliphatic heterocycles. The molecule has 1 aromatic carbocycles. The van der Waals surface area contributed by atoms with E-state index in [2.05, 4.69) is 0 Å². The average molecular weight is 420 g/mol. The zero-order valence-corrected chi connectivity index (χ0v) is 17.0. The molecule has 1 fully saturated rings. The van der Waals surface area contributed by atoms with Crippen LogP contribution in [-0.2, 0) is 49.3 Å². The van der Waals surface area contributed by atoms with E-state index in [0.717, 1.165) is 18.4 Å². The Kier molecular flexibility index (Phi) is 6.81. The SMILES string of the molecule is O=c1ccc(S(=O)(=O)N2CCCC2)cn1C[CH-]c1ccccc1.[Y]. The summed E-state index contributed by atoms with van der Waals surface area (Å²) in [5, 5.41) is 0. The second-order valence-electron chi connectivity index (χ2n) is 5.58. The van der Waals surface area contributed by atoms with Crippen molar-refractivity contribution in [3.8, 4) is 0 Å².